The lowest BCUT2D eigenvalue weighted by molar-refractivity contribution is 0.281. The van der Waals surface area contributed by atoms with Crippen molar-refractivity contribution in [3.05, 3.63) is 41.3 Å². The highest BCUT2D eigenvalue weighted by atomic mass is 19.1. The Labute approximate surface area is 104 Å². The minimum absolute atomic E-state index is 0.155. The van der Waals surface area contributed by atoms with Crippen LogP contribution in [0.4, 0.5) is 4.39 Å². The molecule has 0 spiro atoms. The summed E-state index contributed by atoms with van der Waals surface area (Å²) in [6, 6.07) is 3.91. The molecule has 1 atom stereocenters. The first-order valence-electron chi connectivity index (χ1n) is 5.53. The van der Waals surface area contributed by atoms with Gasteiger partial charge in [-0.15, -0.1) is 0 Å². The van der Waals surface area contributed by atoms with Crippen LogP contribution in [0.15, 0.2) is 22.7 Å². The van der Waals surface area contributed by atoms with Gasteiger partial charge in [0.1, 0.15) is 11.6 Å². The van der Waals surface area contributed by atoms with E-state index in [1.807, 2.05) is 0 Å². The minimum Gasteiger partial charge on any atom is -0.485 e. The predicted octanol–water partition coefficient (Wildman–Crippen LogP) is 2.12. The summed E-state index contributed by atoms with van der Waals surface area (Å²) in [5.74, 6) is 1.09. The molecule has 1 heterocycles. The number of rotatable bonds is 4. The van der Waals surface area contributed by atoms with Crippen molar-refractivity contribution in [2.45, 2.75) is 26.5 Å². The first-order valence-corrected chi connectivity index (χ1v) is 5.53. The fourth-order valence-corrected chi connectivity index (χ4v) is 1.55. The zero-order chi connectivity index (χ0) is 13.1. The van der Waals surface area contributed by atoms with E-state index in [2.05, 4.69) is 10.1 Å². The number of ether oxygens (including phenoxy) is 1. The van der Waals surface area contributed by atoms with Gasteiger partial charge in [0.15, 0.2) is 6.61 Å². The van der Waals surface area contributed by atoms with Gasteiger partial charge in [0.25, 0.3) is 0 Å². The van der Waals surface area contributed by atoms with Gasteiger partial charge in [0.05, 0.1) is 0 Å². The highest BCUT2D eigenvalue weighted by Gasteiger charge is 2.11. The van der Waals surface area contributed by atoms with Gasteiger partial charge >= 0.3 is 0 Å². The molecular weight excluding hydrogens is 237 g/mol. The average molecular weight is 251 g/mol. The second-order valence-electron chi connectivity index (χ2n) is 3.99. The van der Waals surface area contributed by atoms with Crippen molar-refractivity contribution in [2.24, 2.45) is 5.73 Å². The Hall–Kier alpha value is -1.95. The Morgan fingerprint density at radius 1 is 1.50 bits per heavy atom. The Balaban J connectivity index is 2.13. The Morgan fingerprint density at radius 3 is 2.89 bits per heavy atom. The molecule has 0 saturated heterocycles. The van der Waals surface area contributed by atoms with Gasteiger partial charge in [-0.25, -0.2) is 4.39 Å². The summed E-state index contributed by atoms with van der Waals surface area (Å²) >= 11 is 0. The number of hydrogen-bond donors (Lipinski definition) is 1. The van der Waals surface area contributed by atoms with Crippen LogP contribution < -0.4 is 10.5 Å². The number of aryl methyl sites for hydroxylation is 1. The maximum Gasteiger partial charge on any atom is 0.223 e. The smallest absolute Gasteiger partial charge is 0.223 e. The summed E-state index contributed by atoms with van der Waals surface area (Å²) in [7, 11) is 0. The highest BCUT2D eigenvalue weighted by Crippen LogP contribution is 2.25. The molecule has 0 fully saturated rings. The molecule has 0 aliphatic heterocycles. The largest absolute Gasteiger partial charge is 0.485 e. The highest BCUT2D eigenvalue weighted by molar-refractivity contribution is 5.36. The topological polar surface area (TPSA) is 74.2 Å². The number of nitrogens with zero attached hydrogens (tertiary/aromatic N) is 2. The van der Waals surface area contributed by atoms with E-state index in [0.29, 0.717) is 23.0 Å². The van der Waals surface area contributed by atoms with Crippen LogP contribution in [0.3, 0.4) is 0 Å². The van der Waals surface area contributed by atoms with Crippen molar-refractivity contribution in [2.75, 3.05) is 0 Å². The lowest BCUT2D eigenvalue weighted by Gasteiger charge is -2.12. The standard InChI is InChI=1S/C12H14FN3O2/c1-7(14)10-5-9(13)3-4-11(10)17-6-12-15-8(2)18-16-12/h3-5,7H,6,14H2,1-2H3/t7-/m1/s1. The third-order valence-corrected chi connectivity index (χ3v) is 2.39. The fourth-order valence-electron chi connectivity index (χ4n) is 1.55. The number of aromatic nitrogens is 2. The molecule has 6 heteroatoms. The monoisotopic (exact) mass is 251 g/mol. The van der Waals surface area contributed by atoms with Crippen LogP contribution in [0, 0.1) is 12.7 Å². The van der Waals surface area contributed by atoms with Crippen LogP contribution in [-0.4, -0.2) is 10.1 Å². The minimum atomic E-state index is -0.343. The molecule has 96 valence electrons. The van der Waals surface area contributed by atoms with E-state index in [0.717, 1.165) is 0 Å². The molecule has 0 radical (unpaired) electrons. The quantitative estimate of drug-likeness (QED) is 0.900. The van der Waals surface area contributed by atoms with Crippen molar-refractivity contribution < 1.29 is 13.7 Å². The second kappa shape index (κ2) is 5.14. The molecule has 18 heavy (non-hydrogen) atoms. The van der Waals surface area contributed by atoms with Crippen molar-refractivity contribution in [3.63, 3.8) is 0 Å². The van der Waals surface area contributed by atoms with Gasteiger partial charge in [-0.05, 0) is 25.1 Å². The van der Waals surface area contributed by atoms with Crippen molar-refractivity contribution in [1.82, 2.24) is 10.1 Å². The van der Waals surface area contributed by atoms with Crippen LogP contribution in [0.2, 0.25) is 0 Å². The van der Waals surface area contributed by atoms with Crippen molar-refractivity contribution in [3.8, 4) is 5.75 Å². The van der Waals surface area contributed by atoms with Gasteiger partial charge in [-0.2, -0.15) is 4.98 Å². The first-order chi connectivity index (χ1) is 8.56. The molecule has 0 aliphatic rings. The number of nitrogens with two attached hydrogens (primary N) is 1. The van der Waals surface area contributed by atoms with Crippen LogP contribution in [-0.2, 0) is 6.61 Å². The zero-order valence-electron chi connectivity index (χ0n) is 10.2. The molecule has 1 aromatic carbocycles. The van der Waals surface area contributed by atoms with Crippen molar-refractivity contribution >= 4 is 0 Å². The SMILES string of the molecule is Cc1nc(COc2ccc(F)cc2[C@@H](C)N)no1. The molecule has 2 N–H and O–H groups in total. The predicted molar refractivity (Wildman–Crippen MR) is 62.4 cm³/mol. The number of hydrogen-bond acceptors (Lipinski definition) is 5. The lowest BCUT2D eigenvalue weighted by atomic mass is 10.1. The molecule has 2 rings (SSSR count). The molecule has 0 unspecified atom stereocenters. The molecule has 0 amide bonds. The maximum absolute atomic E-state index is 13.1. The lowest BCUT2D eigenvalue weighted by Crippen LogP contribution is -2.09. The molecule has 0 bridgehead atoms. The van der Waals surface area contributed by atoms with Crippen molar-refractivity contribution in [1.29, 1.82) is 0 Å². The normalized spacial score (nSPS) is 12.4. The summed E-state index contributed by atoms with van der Waals surface area (Å²) in [6.07, 6.45) is 0. The molecular formula is C12H14FN3O2. The summed E-state index contributed by atoms with van der Waals surface area (Å²) in [4.78, 5) is 4.01. The molecule has 0 aliphatic carbocycles. The third kappa shape index (κ3) is 2.84. The van der Waals surface area contributed by atoms with Crippen LogP contribution in [0.1, 0.15) is 30.2 Å². The second-order valence-corrected chi connectivity index (χ2v) is 3.99. The van der Waals surface area contributed by atoms with E-state index < -0.39 is 0 Å². The van der Waals surface area contributed by atoms with E-state index in [9.17, 15) is 4.39 Å². The van der Waals surface area contributed by atoms with Gasteiger partial charge in [0.2, 0.25) is 11.7 Å². The van der Waals surface area contributed by atoms with Gasteiger partial charge in [0, 0.05) is 18.5 Å². The Morgan fingerprint density at radius 2 is 2.28 bits per heavy atom. The van der Waals surface area contributed by atoms with Crippen LogP contribution in [0.25, 0.3) is 0 Å². The first kappa shape index (κ1) is 12.5. The maximum atomic E-state index is 13.1. The molecule has 1 aromatic heterocycles. The van der Waals surface area contributed by atoms with Gasteiger partial charge < -0.3 is 15.0 Å². The Kier molecular flexibility index (Phi) is 3.57. The van der Waals surface area contributed by atoms with E-state index in [4.69, 9.17) is 15.0 Å². The summed E-state index contributed by atoms with van der Waals surface area (Å²) in [5.41, 5.74) is 6.37. The van der Waals surface area contributed by atoms with E-state index in [-0.39, 0.29) is 18.5 Å². The van der Waals surface area contributed by atoms with Gasteiger partial charge in [-0.3, -0.25) is 0 Å². The summed E-state index contributed by atoms with van der Waals surface area (Å²) < 4.78 is 23.5. The van der Waals surface area contributed by atoms with E-state index in [1.165, 1.54) is 12.1 Å². The fraction of sp³-hybridized carbons (Fsp3) is 0.333. The molecule has 5 nitrogen and oxygen atoms in total. The summed E-state index contributed by atoms with van der Waals surface area (Å²) in [6.45, 7) is 3.62. The van der Waals surface area contributed by atoms with Crippen LogP contribution >= 0.6 is 0 Å². The Bertz CT molecular complexity index is 540. The molecule has 0 saturated carbocycles. The number of halogens is 1. The zero-order valence-corrected chi connectivity index (χ0v) is 10.2. The van der Waals surface area contributed by atoms with Crippen LogP contribution in [0.5, 0.6) is 5.75 Å². The van der Waals surface area contributed by atoms with Gasteiger partial charge in [-0.1, -0.05) is 5.16 Å². The third-order valence-electron chi connectivity index (χ3n) is 2.39. The van der Waals surface area contributed by atoms with E-state index >= 15 is 0 Å². The average Bonchev–Trinajstić information content (AvgIpc) is 2.73. The number of benzene rings is 1. The van der Waals surface area contributed by atoms with E-state index in [1.54, 1.807) is 19.9 Å². The summed E-state index contributed by atoms with van der Waals surface area (Å²) in [5, 5.41) is 3.71. The molecule has 2 aromatic rings.